The second kappa shape index (κ2) is 11.6. The van der Waals surface area contributed by atoms with Crippen LogP contribution in [0.3, 0.4) is 0 Å². The van der Waals surface area contributed by atoms with Crippen LogP contribution < -0.4 is 14.4 Å². The smallest absolute Gasteiger partial charge is 0.285 e. The van der Waals surface area contributed by atoms with Crippen molar-refractivity contribution in [3.05, 3.63) is 65.9 Å². The topological polar surface area (TPSA) is 118 Å². The number of carbonyl (C=O) groups is 1. The Kier molecular flexibility index (Phi) is 8.45. The van der Waals surface area contributed by atoms with Gasteiger partial charge in [0, 0.05) is 50.0 Å². The molecule has 1 saturated heterocycles. The van der Waals surface area contributed by atoms with Crippen molar-refractivity contribution in [2.45, 2.75) is 39.0 Å². The number of halogens is 1. The van der Waals surface area contributed by atoms with E-state index >= 15 is 0 Å². The lowest BCUT2D eigenvalue weighted by atomic mass is 10.0. The van der Waals surface area contributed by atoms with E-state index in [9.17, 15) is 17.6 Å². The van der Waals surface area contributed by atoms with Gasteiger partial charge in [0.1, 0.15) is 11.6 Å². The molecule has 3 aromatic rings. The van der Waals surface area contributed by atoms with E-state index < -0.39 is 20.7 Å². The molecule has 0 aliphatic carbocycles. The van der Waals surface area contributed by atoms with Gasteiger partial charge >= 0.3 is 0 Å². The van der Waals surface area contributed by atoms with Gasteiger partial charge in [0.25, 0.3) is 5.91 Å². The molecule has 3 heterocycles. The van der Waals surface area contributed by atoms with Crippen LogP contribution in [0.25, 0.3) is 11.1 Å². The number of aromatic nitrogens is 3. The first-order valence-electron chi connectivity index (χ1n) is 12.7. The minimum atomic E-state index is -3.85. The third-order valence-corrected chi connectivity index (χ3v) is 8.45. The summed E-state index contributed by atoms with van der Waals surface area (Å²) < 4.78 is 45.8. The van der Waals surface area contributed by atoms with Crippen LogP contribution in [-0.2, 0) is 16.6 Å². The van der Waals surface area contributed by atoms with E-state index in [2.05, 4.69) is 20.1 Å². The minimum absolute atomic E-state index is 0.0731. The molecule has 1 aliphatic heterocycles. The van der Waals surface area contributed by atoms with Gasteiger partial charge in [-0.05, 0) is 57.5 Å². The quantitative estimate of drug-likeness (QED) is 0.446. The van der Waals surface area contributed by atoms with Gasteiger partial charge in [0.2, 0.25) is 10.0 Å². The van der Waals surface area contributed by atoms with Crippen LogP contribution in [0.15, 0.2) is 48.8 Å². The highest BCUT2D eigenvalue weighted by Crippen LogP contribution is 2.27. The first kappa shape index (κ1) is 28.4. The third kappa shape index (κ3) is 6.87. The van der Waals surface area contributed by atoms with Crippen LogP contribution in [0.1, 0.15) is 43.7 Å². The lowest BCUT2D eigenvalue weighted by molar-refractivity contribution is 0.0974. The summed E-state index contributed by atoms with van der Waals surface area (Å²) in [5.41, 5.74) is 1.94. The average Bonchev–Trinajstić information content (AvgIpc) is 2.89. The number of hydrogen-bond donors (Lipinski definition) is 1. The number of hydrogen-bond acceptors (Lipinski definition) is 9. The summed E-state index contributed by atoms with van der Waals surface area (Å²) in [4.78, 5) is 20.7. The summed E-state index contributed by atoms with van der Waals surface area (Å²) >= 11 is 0. The molecule has 10 nitrogen and oxygen atoms in total. The first-order chi connectivity index (χ1) is 18.5. The average molecular weight is 557 g/mol. The highest BCUT2D eigenvalue weighted by molar-refractivity contribution is 7.91. The molecule has 1 amide bonds. The second-order valence-corrected chi connectivity index (χ2v) is 12.7. The normalized spacial score (nSPS) is 14.7. The Morgan fingerprint density at radius 2 is 1.79 bits per heavy atom. The Morgan fingerprint density at radius 3 is 2.41 bits per heavy atom. The predicted octanol–water partition coefficient (Wildman–Crippen LogP) is 3.26. The zero-order chi connectivity index (χ0) is 28.2. The number of piperazine rings is 1. The lowest BCUT2D eigenvalue weighted by Gasteiger charge is -2.35. The fourth-order valence-electron chi connectivity index (χ4n) is 4.04. The van der Waals surface area contributed by atoms with Crippen molar-refractivity contribution >= 4 is 21.7 Å². The van der Waals surface area contributed by atoms with Gasteiger partial charge in [-0.15, -0.1) is 10.2 Å². The molecule has 4 rings (SSSR count). The molecule has 39 heavy (non-hydrogen) atoms. The summed E-state index contributed by atoms with van der Waals surface area (Å²) in [7, 11) is -3.85. The van der Waals surface area contributed by atoms with Crippen molar-refractivity contribution in [2.75, 3.05) is 37.7 Å². The molecular formula is C27H33FN6O4S. The molecule has 0 spiro atoms. The van der Waals surface area contributed by atoms with Gasteiger partial charge in [0.05, 0.1) is 17.6 Å². The summed E-state index contributed by atoms with van der Waals surface area (Å²) in [6.45, 7) is 10.3. The van der Waals surface area contributed by atoms with Gasteiger partial charge in [-0.2, -0.15) is 0 Å². The summed E-state index contributed by atoms with van der Waals surface area (Å²) in [5, 5.41) is 8.06. The van der Waals surface area contributed by atoms with E-state index in [0.29, 0.717) is 48.9 Å². The second-order valence-electron chi connectivity index (χ2n) is 10.2. The third-order valence-electron chi connectivity index (χ3n) is 6.39. The number of carbonyl (C=O) groups excluding carboxylic acids is 1. The lowest BCUT2D eigenvalue weighted by Crippen LogP contribution is -2.46. The fourth-order valence-corrected chi connectivity index (χ4v) is 4.69. The van der Waals surface area contributed by atoms with E-state index in [4.69, 9.17) is 4.74 Å². The molecule has 12 heteroatoms. The molecule has 0 bridgehead atoms. The van der Waals surface area contributed by atoms with Crippen molar-refractivity contribution in [2.24, 2.45) is 0 Å². The largest absolute Gasteiger partial charge is 0.492 e. The standard InChI is InChI=1S/C27H33FN6O4S/c1-5-38-21-15-20(16-29-17-21)22-7-6-19(14-23(22)28)18-33-10-12-34(13-11-33)25-9-8-24(30-31-25)26(35)32-39(36,37)27(2,3)4/h6-9,14-17H,5,10-13,18H2,1-4H3,(H,32,35). The fraction of sp³-hybridized carbons (Fsp3) is 0.407. The van der Waals surface area contributed by atoms with E-state index in [1.807, 2.05) is 22.6 Å². The molecule has 208 valence electrons. The van der Waals surface area contributed by atoms with Crippen molar-refractivity contribution < 1.29 is 22.3 Å². The van der Waals surface area contributed by atoms with Gasteiger partial charge in [0.15, 0.2) is 11.5 Å². The van der Waals surface area contributed by atoms with E-state index in [1.54, 1.807) is 36.7 Å². The monoisotopic (exact) mass is 556 g/mol. The maximum atomic E-state index is 15.0. The molecule has 1 fully saturated rings. The van der Waals surface area contributed by atoms with Gasteiger partial charge in [-0.25, -0.2) is 17.5 Å². The van der Waals surface area contributed by atoms with Crippen LogP contribution in [0, 0.1) is 5.82 Å². The Hall–Kier alpha value is -3.64. The zero-order valence-corrected chi connectivity index (χ0v) is 23.3. The number of ether oxygens (including phenoxy) is 1. The van der Waals surface area contributed by atoms with Crippen molar-refractivity contribution in [3.8, 4) is 16.9 Å². The van der Waals surface area contributed by atoms with E-state index in [-0.39, 0.29) is 11.5 Å². The molecule has 0 radical (unpaired) electrons. The molecule has 0 saturated carbocycles. The SMILES string of the molecule is CCOc1cncc(-c2ccc(CN3CCN(c4ccc(C(=O)NS(=O)(=O)C(C)(C)C)nn4)CC3)cc2F)c1. The molecule has 1 aliphatic rings. The molecule has 2 aromatic heterocycles. The number of sulfonamides is 1. The molecular weight excluding hydrogens is 523 g/mol. The number of amides is 1. The number of nitrogens with one attached hydrogen (secondary N) is 1. The highest BCUT2D eigenvalue weighted by atomic mass is 32.2. The van der Waals surface area contributed by atoms with Crippen molar-refractivity contribution in [1.82, 2.24) is 24.8 Å². The van der Waals surface area contributed by atoms with Crippen LogP contribution in [0.4, 0.5) is 10.2 Å². The number of anilines is 1. The summed E-state index contributed by atoms with van der Waals surface area (Å²) in [6, 6.07) is 10.2. The Morgan fingerprint density at radius 1 is 1.05 bits per heavy atom. The Bertz CT molecular complexity index is 1420. The molecule has 1 N–H and O–H groups in total. The summed E-state index contributed by atoms with van der Waals surface area (Å²) in [5.74, 6) is 0.0807. The number of benzene rings is 1. The number of nitrogens with zero attached hydrogens (tertiary/aromatic N) is 5. The molecule has 1 aromatic carbocycles. The van der Waals surface area contributed by atoms with Crippen LogP contribution >= 0.6 is 0 Å². The summed E-state index contributed by atoms with van der Waals surface area (Å²) in [6.07, 6.45) is 3.23. The Balaban J connectivity index is 1.32. The molecule has 0 atom stereocenters. The van der Waals surface area contributed by atoms with Crippen LogP contribution in [0.2, 0.25) is 0 Å². The maximum Gasteiger partial charge on any atom is 0.285 e. The zero-order valence-electron chi connectivity index (χ0n) is 22.5. The highest BCUT2D eigenvalue weighted by Gasteiger charge is 2.31. The number of pyridine rings is 1. The van der Waals surface area contributed by atoms with Crippen LogP contribution in [0.5, 0.6) is 5.75 Å². The van der Waals surface area contributed by atoms with Crippen molar-refractivity contribution in [3.63, 3.8) is 0 Å². The van der Waals surface area contributed by atoms with Crippen LogP contribution in [-0.4, -0.2) is 71.9 Å². The minimum Gasteiger partial charge on any atom is -0.492 e. The maximum absolute atomic E-state index is 15.0. The van der Waals surface area contributed by atoms with E-state index in [1.165, 1.54) is 26.8 Å². The van der Waals surface area contributed by atoms with Gasteiger partial charge in [-0.1, -0.05) is 12.1 Å². The number of rotatable bonds is 8. The van der Waals surface area contributed by atoms with Gasteiger partial charge < -0.3 is 9.64 Å². The predicted molar refractivity (Wildman–Crippen MR) is 146 cm³/mol. The van der Waals surface area contributed by atoms with Crippen molar-refractivity contribution in [1.29, 1.82) is 0 Å². The van der Waals surface area contributed by atoms with Gasteiger partial charge in [-0.3, -0.25) is 14.7 Å². The molecule has 0 unspecified atom stereocenters. The first-order valence-corrected chi connectivity index (χ1v) is 14.2. The Labute approximate surface area is 228 Å². The van der Waals surface area contributed by atoms with E-state index in [0.717, 1.165) is 18.7 Å².